The van der Waals surface area contributed by atoms with Crippen molar-refractivity contribution < 1.29 is 0 Å². The van der Waals surface area contributed by atoms with Crippen LogP contribution >= 0.6 is 15.9 Å². The predicted octanol–water partition coefficient (Wildman–Crippen LogP) is 3.12. The molecule has 0 saturated heterocycles. The highest BCUT2D eigenvalue weighted by atomic mass is 79.9. The quantitative estimate of drug-likeness (QED) is 0.943. The molecular formula is C14H18BrN3. The van der Waals surface area contributed by atoms with Crippen molar-refractivity contribution in [3.05, 3.63) is 51.8 Å². The fourth-order valence-electron chi connectivity index (χ4n) is 2.11. The minimum absolute atomic E-state index is 0.0771. The van der Waals surface area contributed by atoms with Gasteiger partial charge in [-0.25, -0.2) is 0 Å². The van der Waals surface area contributed by atoms with Crippen molar-refractivity contribution in [2.45, 2.75) is 25.8 Å². The van der Waals surface area contributed by atoms with Gasteiger partial charge < -0.3 is 5.73 Å². The maximum Gasteiger partial charge on any atom is 0.0738 e. The highest BCUT2D eigenvalue weighted by Crippen LogP contribution is 2.24. The number of nitrogens with zero attached hydrogens (tertiary/aromatic N) is 2. The number of aromatic nitrogens is 2. The lowest BCUT2D eigenvalue weighted by molar-refractivity contribution is 0.612. The summed E-state index contributed by atoms with van der Waals surface area (Å²) in [5.74, 6) is 0. The van der Waals surface area contributed by atoms with Gasteiger partial charge in [0.2, 0.25) is 0 Å². The van der Waals surface area contributed by atoms with E-state index in [1.54, 1.807) is 0 Å². The van der Waals surface area contributed by atoms with Crippen molar-refractivity contribution in [2.75, 3.05) is 0 Å². The third-order valence-electron chi connectivity index (χ3n) is 3.18. The van der Waals surface area contributed by atoms with Crippen molar-refractivity contribution >= 4 is 15.9 Å². The predicted molar refractivity (Wildman–Crippen MR) is 77.3 cm³/mol. The zero-order valence-electron chi connectivity index (χ0n) is 10.7. The second-order valence-electron chi connectivity index (χ2n) is 4.53. The summed E-state index contributed by atoms with van der Waals surface area (Å²) >= 11 is 3.58. The highest BCUT2D eigenvalue weighted by Gasteiger charge is 2.12. The Bertz CT molecular complexity index is 519. The van der Waals surface area contributed by atoms with Crippen LogP contribution in [0.5, 0.6) is 0 Å². The van der Waals surface area contributed by atoms with E-state index in [2.05, 4.69) is 33.2 Å². The summed E-state index contributed by atoms with van der Waals surface area (Å²) in [5.41, 5.74) is 9.63. The number of hydrogen-bond acceptors (Lipinski definition) is 2. The third-order valence-corrected chi connectivity index (χ3v) is 4.21. The van der Waals surface area contributed by atoms with Gasteiger partial charge in [-0.05, 0) is 41.3 Å². The Morgan fingerprint density at radius 2 is 2.00 bits per heavy atom. The van der Waals surface area contributed by atoms with E-state index >= 15 is 0 Å². The van der Waals surface area contributed by atoms with E-state index in [-0.39, 0.29) is 6.04 Å². The van der Waals surface area contributed by atoms with Crippen LogP contribution in [-0.4, -0.2) is 9.78 Å². The molecule has 1 aromatic carbocycles. The fraction of sp³-hybridized carbons (Fsp3) is 0.357. The summed E-state index contributed by atoms with van der Waals surface area (Å²) in [6, 6.07) is 10.3. The van der Waals surface area contributed by atoms with Gasteiger partial charge in [-0.2, -0.15) is 5.10 Å². The zero-order chi connectivity index (χ0) is 13.1. The van der Waals surface area contributed by atoms with E-state index in [1.165, 1.54) is 11.3 Å². The van der Waals surface area contributed by atoms with Gasteiger partial charge in [0.25, 0.3) is 0 Å². The van der Waals surface area contributed by atoms with Crippen molar-refractivity contribution in [1.82, 2.24) is 9.78 Å². The standard InChI is InChI=1S/C14H18BrN3/c1-10-14(15)13(18(2)17-10)9-8-12(16)11-6-4-3-5-7-11/h3-7,12H,8-9,16H2,1-2H3. The molecule has 96 valence electrons. The largest absolute Gasteiger partial charge is 0.324 e. The lowest BCUT2D eigenvalue weighted by Gasteiger charge is -2.12. The van der Waals surface area contributed by atoms with Gasteiger partial charge in [-0.15, -0.1) is 0 Å². The van der Waals surface area contributed by atoms with Gasteiger partial charge >= 0.3 is 0 Å². The molecule has 0 bridgehead atoms. The van der Waals surface area contributed by atoms with E-state index in [0.29, 0.717) is 0 Å². The van der Waals surface area contributed by atoms with Gasteiger partial charge in [0.05, 0.1) is 15.9 Å². The molecule has 4 heteroatoms. The summed E-state index contributed by atoms with van der Waals surface area (Å²) < 4.78 is 3.03. The molecule has 2 N–H and O–H groups in total. The normalized spacial score (nSPS) is 12.7. The monoisotopic (exact) mass is 307 g/mol. The van der Waals surface area contributed by atoms with Crippen LogP contribution in [0.4, 0.5) is 0 Å². The number of nitrogens with two attached hydrogens (primary N) is 1. The van der Waals surface area contributed by atoms with Crippen LogP contribution in [0, 0.1) is 6.92 Å². The number of benzene rings is 1. The Morgan fingerprint density at radius 3 is 2.56 bits per heavy atom. The van der Waals surface area contributed by atoms with Crippen LogP contribution < -0.4 is 5.73 Å². The Hall–Kier alpha value is -1.13. The molecule has 2 rings (SSSR count). The zero-order valence-corrected chi connectivity index (χ0v) is 12.3. The van der Waals surface area contributed by atoms with E-state index in [9.17, 15) is 0 Å². The van der Waals surface area contributed by atoms with Gasteiger partial charge in [-0.1, -0.05) is 30.3 Å². The molecule has 2 aromatic rings. The Morgan fingerprint density at radius 1 is 1.33 bits per heavy atom. The second-order valence-corrected chi connectivity index (χ2v) is 5.32. The lowest BCUT2D eigenvalue weighted by Crippen LogP contribution is -2.12. The number of rotatable bonds is 4. The van der Waals surface area contributed by atoms with Crippen molar-refractivity contribution in [2.24, 2.45) is 12.8 Å². The molecule has 18 heavy (non-hydrogen) atoms. The number of aryl methyl sites for hydroxylation is 2. The second kappa shape index (κ2) is 5.67. The SMILES string of the molecule is Cc1nn(C)c(CCC(N)c2ccccc2)c1Br. The molecule has 3 nitrogen and oxygen atoms in total. The van der Waals surface area contributed by atoms with Gasteiger partial charge in [0.15, 0.2) is 0 Å². The molecule has 1 atom stereocenters. The molecule has 1 unspecified atom stereocenters. The first-order valence-electron chi connectivity index (χ1n) is 6.08. The molecule has 0 aliphatic carbocycles. The van der Waals surface area contributed by atoms with E-state index in [0.717, 1.165) is 23.0 Å². The van der Waals surface area contributed by atoms with Crippen LogP contribution in [0.25, 0.3) is 0 Å². The summed E-state index contributed by atoms with van der Waals surface area (Å²) in [6.45, 7) is 2.00. The van der Waals surface area contributed by atoms with E-state index in [1.807, 2.05) is 36.9 Å². The minimum Gasteiger partial charge on any atom is -0.324 e. The van der Waals surface area contributed by atoms with Gasteiger partial charge in [0.1, 0.15) is 0 Å². The number of halogens is 1. The molecule has 0 amide bonds. The molecule has 0 fully saturated rings. The Labute approximate surface area is 116 Å². The van der Waals surface area contributed by atoms with Gasteiger partial charge in [-0.3, -0.25) is 4.68 Å². The summed E-state index contributed by atoms with van der Waals surface area (Å²) in [6.07, 6.45) is 1.84. The molecule has 0 radical (unpaired) electrons. The third kappa shape index (κ3) is 2.82. The van der Waals surface area contributed by atoms with Crippen LogP contribution in [-0.2, 0) is 13.5 Å². The molecule has 0 spiro atoms. The van der Waals surface area contributed by atoms with Gasteiger partial charge in [0, 0.05) is 13.1 Å². The maximum absolute atomic E-state index is 6.20. The Balaban J connectivity index is 2.04. The molecule has 0 saturated carbocycles. The summed E-state index contributed by atoms with van der Waals surface area (Å²) in [7, 11) is 1.97. The van der Waals surface area contributed by atoms with E-state index in [4.69, 9.17) is 5.73 Å². The maximum atomic E-state index is 6.20. The first kappa shape index (κ1) is 13.3. The lowest BCUT2D eigenvalue weighted by atomic mass is 10.0. The highest BCUT2D eigenvalue weighted by molar-refractivity contribution is 9.10. The van der Waals surface area contributed by atoms with Crippen LogP contribution in [0.2, 0.25) is 0 Å². The van der Waals surface area contributed by atoms with Crippen LogP contribution in [0.3, 0.4) is 0 Å². The van der Waals surface area contributed by atoms with Crippen molar-refractivity contribution in [1.29, 1.82) is 0 Å². The first-order chi connectivity index (χ1) is 8.59. The average Bonchev–Trinajstić information content (AvgIpc) is 2.62. The van der Waals surface area contributed by atoms with Crippen LogP contribution in [0.1, 0.15) is 29.4 Å². The molecule has 1 heterocycles. The summed E-state index contributed by atoms with van der Waals surface area (Å²) in [5, 5.41) is 4.39. The van der Waals surface area contributed by atoms with Crippen LogP contribution in [0.15, 0.2) is 34.8 Å². The van der Waals surface area contributed by atoms with Crippen molar-refractivity contribution in [3.8, 4) is 0 Å². The Kier molecular flexibility index (Phi) is 4.19. The smallest absolute Gasteiger partial charge is 0.0738 e. The molecule has 0 aliphatic heterocycles. The molecule has 1 aromatic heterocycles. The fourth-order valence-corrected chi connectivity index (χ4v) is 2.64. The van der Waals surface area contributed by atoms with E-state index < -0.39 is 0 Å². The number of hydrogen-bond donors (Lipinski definition) is 1. The minimum atomic E-state index is 0.0771. The first-order valence-corrected chi connectivity index (χ1v) is 6.87. The topological polar surface area (TPSA) is 43.8 Å². The molecule has 0 aliphatic rings. The summed E-state index contributed by atoms with van der Waals surface area (Å²) in [4.78, 5) is 0. The average molecular weight is 308 g/mol. The molecular weight excluding hydrogens is 290 g/mol. The van der Waals surface area contributed by atoms with Crippen molar-refractivity contribution in [3.63, 3.8) is 0 Å².